The summed E-state index contributed by atoms with van der Waals surface area (Å²) in [4.78, 5) is 56.0. The van der Waals surface area contributed by atoms with Crippen LogP contribution >= 0.6 is 0 Å². The van der Waals surface area contributed by atoms with Crippen LogP contribution in [-0.2, 0) is 38.4 Å². The van der Waals surface area contributed by atoms with Gasteiger partial charge in [0.15, 0.2) is 0 Å². The number of amides is 3. The highest BCUT2D eigenvalue weighted by Crippen LogP contribution is 2.20. The van der Waals surface area contributed by atoms with Gasteiger partial charge < -0.3 is 42.0 Å². The summed E-state index contributed by atoms with van der Waals surface area (Å²) in [5.74, 6) is -3.41. The van der Waals surface area contributed by atoms with Crippen molar-refractivity contribution in [3.63, 3.8) is 0 Å². The maximum absolute atomic E-state index is 13.7. The van der Waals surface area contributed by atoms with Gasteiger partial charge in [0.05, 0.1) is 6.04 Å². The normalized spacial score (nSPS) is 14.4. The van der Waals surface area contributed by atoms with Gasteiger partial charge in [-0.05, 0) is 59.4 Å². The van der Waals surface area contributed by atoms with Crippen molar-refractivity contribution < 1.29 is 34.5 Å². The summed E-state index contributed by atoms with van der Waals surface area (Å²) in [6.45, 7) is 3.64. The van der Waals surface area contributed by atoms with Gasteiger partial charge in [0.25, 0.3) is 0 Å². The van der Waals surface area contributed by atoms with Gasteiger partial charge in [-0.2, -0.15) is 0 Å². The summed E-state index contributed by atoms with van der Waals surface area (Å²) in [5.41, 5.74) is 9.03. The molecular formula is C35H41N5O7. The van der Waals surface area contributed by atoms with Gasteiger partial charge in [0, 0.05) is 29.9 Å². The second-order valence-corrected chi connectivity index (χ2v) is 11.7. The van der Waals surface area contributed by atoms with E-state index in [0.717, 1.165) is 16.5 Å². The fourth-order valence-electron chi connectivity index (χ4n) is 5.27. The molecule has 3 amide bonds. The number of hydrogen-bond acceptors (Lipinski definition) is 7. The number of carboxylic acid groups (broad SMARTS) is 1. The molecule has 12 heteroatoms. The molecule has 1 heterocycles. The third-order valence-electron chi connectivity index (χ3n) is 8.24. The van der Waals surface area contributed by atoms with Gasteiger partial charge >= 0.3 is 5.97 Å². The van der Waals surface area contributed by atoms with Crippen LogP contribution in [-0.4, -0.2) is 68.2 Å². The van der Waals surface area contributed by atoms with Crippen molar-refractivity contribution in [2.75, 3.05) is 0 Å². The average Bonchev–Trinajstić information content (AvgIpc) is 3.46. The van der Waals surface area contributed by atoms with Crippen LogP contribution in [0.1, 0.15) is 37.0 Å². The molecule has 0 aliphatic rings. The van der Waals surface area contributed by atoms with Gasteiger partial charge in [0.2, 0.25) is 17.7 Å². The number of aliphatic carboxylic acids is 1. The van der Waals surface area contributed by atoms with E-state index in [1.807, 2.05) is 31.2 Å². The number of fused-ring (bicyclic) bond motifs is 1. The summed E-state index contributed by atoms with van der Waals surface area (Å²) in [6.07, 6.45) is 2.37. The van der Waals surface area contributed by atoms with Gasteiger partial charge in [-0.1, -0.05) is 62.7 Å². The van der Waals surface area contributed by atoms with Crippen molar-refractivity contribution in [1.82, 2.24) is 20.9 Å². The number of rotatable bonds is 15. The molecule has 0 aliphatic heterocycles. The Kier molecular flexibility index (Phi) is 11.6. The first-order valence-electron chi connectivity index (χ1n) is 15.5. The number of H-pyrrole nitrogens is 1. The van der Waals surface area contributed by atoms with Gasteiger partial charge in [-0.3, -0.25) is 14.4 Å². The van der Waals surface area contributed by atoms with E-state index in [1.54, 1.807) is 37.4 Å². The number of hydrogen-bond donors (Lipinski definition) is 8. The van der Waals surface area contributed by atoms with Crippen LogP contribution < -0.4 is 21.7 Å². The van der Waals surface area contributed by atoms with Crippen molar-refractivity contribution >= 4 is 34.6 Å². The Balaban J connectivity index is 1.52. The number of nitrogens with one attached hydrogen (secondary N) is 4. The predicted molar refractivity (Wildman–Crippen MR) is 176 cm³/mol. The van der Waals surface area contributed by atoms with Crippen LogP contribution in [0.5, 0.6) is 11.5 Å². The Morgan fingerprint density at radius 1 is 0.745 bits per heavy atom. The number of benzene rings is 3. The van der Waals surface area contributed by atoms with Gasteiger partial charge in [0.1, 0.15) is 29.6 Å². The molecule has 0 fully saturated rings. The molecule has 0 saturated heterocycles. The summed E-state index contributed by atoms with van der Waals surface area (Å²) in [6, 6.07) is 15.2. The minimum Gasteiger partial charge on any atom is -0.508 e. The van der Waals surface area contributed by atoms with E-state index in [9.17, 15) is 34.5 Å². The lowest BCUT2D eigenvalue weighted by atomic mass is 9.96. The SMILES string of the molecule is CCC(C)C(NC(=O)C(N)Cc1ccc(O)cc1)C(=O)NC(Cc1ccc(O)cc1)C(=O)NC(Cc1c[nH]c2ccccc12)C(=O)O. The number of carbonyl (C=O) groups is 4. The van der Waals surface area contributed by atoms with E-state index in [-0.39, 0.29) is 36.7 Å². The number of phenols is 2. The first kappa shape index (κ1) is 34.5. The minimum absolute atomic E-state index is 0.00453. The average molecular weight is 644 g/mol. The Morgan fingerprint density at radius 3 is 1.91 bits per heavy atom. The largest absolute Gasteiger partial charge is 0.508 e. The zero-order valence-corrected chi connectivity index (χ0v) is 26.3. The fraction of sp³-hybridized carbons (Fsp3) is 0.314. The number of carboxylic acids is 1. The smallest absolute Gasteiger partial charge is 0.326 e. The Hall–Kier alpha value is -5.36. The molecule has 5 atom stereocenters. The van der Waals surface area contributed by atoms with E-state index in [4.69, 9.17) is 5.73 Å². The zero-order chi connectivity index (χ0) is 34.1. The standard InChI is InChI=1S/C35H41N5O7/c1-3-20(2)31(40-32(43)27(36)16-21-8-12-24(41)13-9-21)34(45)38-29(17-22-10-14-25(42)15-11-22)33(44)39-30(35(46)47)18-23-19-37-28-7-5-4-6-26(23)28/h4-15,19-20,27,29-31,37,41-42H,3,16-18,36H2,1-2H3,(H,38,45)(H,39,44)(H,40,43)(H,46,47). The summed E-state index contributed by atoms with van der Waals surface area (Å²) >= 11 is 0. The number of aromatic amines is 1. The molecule has 9 N–H and O–H groups in total. The molecule has 0 aliphatic carbocycles. The van der Waals surface area contributed by atoms with Crippen LogP contribution in [0.4, 0.5) is 0 Å². The minimum atomic E-state index is -1.30. The maximum Gasteiger partial charge on any atom is 0.326 e. The Morgan fingerprint density at radius 2 is 1.32 bits per heavy atom. The number of phenolic OH excluding ortho intramolecular Hbond substituents is 2. The Bertz CT molecular complexity index is 1690. The number of nitrogens with two attached hydrogens (primary N) is 1. The van der Waals surface area contributed by atoms with Crippen LogP contribution in [0.15, 0.2) is 79.0 Å². The molecule has 5 unspecified atom stereocenters. The fourth-order valence-corrected chi connectivity index (χ4v) is 5.27. The first-order chi connectivity index (χ1) is 22.4. The molecule has 12 nitrogen and oxygen atoms in total. The number of aromatic nitrogens is 1. The van der Waals surface area contributed by atoms with Crippen molar-refractivity contribution in [3.05, 3.63) is 95.7 Å². The van der Waals surface area contributed by atoms with Crippen LogP contribution in [0.25, 0.3) is 10.9 Å². The highest BCUT2D eigenvalue weighted by atomic mass is 16.4. The molecule has 4 rings (SSSR count). The van der Waals surface area contributed by atoms with E-state index in [0.29, 0.717) is 17.5 Å². The van der Waals surface area contributed by atoms with E-state index in [2.05, 4.69) is 20.9 Å². The second kappa shape index (κ2) is 15.8. The molecule has 1 aromatic heterocycles. The lowest BCUT2D eigenvalue weighted by Gasteiger charge is -2.28. The third kappa shape index (κ3) is 9.33. The van der Waals surface area contributed by atoms with E-state index in [1.165, 1.54) is 24.3 Å². The van der Waals surface area contributed by atoms with Crippen LogP contribution in [0.3, 0.4) is 0 Å². The van der Waals surface area contributed by atoms with E-state index < -0.39 is 47.9 Å². The van der Waals surface area contributed by atoms with Crippen molar-refractivity contribution in [3.8, 4) is 11.5 Å². The first-order valence-corrected chi connectivity index (χ1v) is 15.5. The molecule has 4 aromatic rings. The predicted octanol–water partition coefficient (Wildman–Crippen LogP) is 2.52. The second-order valence-electron chi connectivity index (χ2n) is 11.7. The summed E-state index contributed by atoms with van der Waals surface area (Å²) in [5, 5.41) is 38.2. The zero-order valence-electron chi connectivity index (χ0n) is 26.3. The molecule has 47 heavy (non-hydrogen) atoms. The van der Waals surface area contributed by atoms with Crippen LogP contribution in [0, 0.1) is 5.92 Å². The topological polar surface area (TPSA) is 207 Å². The van der Waals surface area contributed by atoms with Crippen molar-refractivity contribution in [2.45, 2.75) is 63.7 Å². The monoisotopic (exact) mass is 643 g/mol. The number of carbonyl (C=O) groups excluding carboxylic acids is 3. The van der Waals surface area contributed by atoms with Gasteiger partial charge in [-0.15, -0.1) is 0 Å². The Labute approximate surface area is 272 Å². The molecule has 0 spiro atoms. The highest BCUT2D eigenvalue weighted by molar-refractivity contribution is 5.94. The molecule has 248 valence electrons. The van der Waals surface area contributed by atoms with Crippen LogP contribution in [0.2, 0.25) is 0 Å². The summed E-state index contributed by atoms with van der Waals surface area (Å²) in [7, 11) is 0. The molecule has 3 aromatic carbocycles. The van der Waals surface area contributed by atoms with E-state index >= 15 is 0 Å². The third-order valence-corrected chi connectivity index (χ3v) is 8.24. The lowest BCUT2D eigenvalue weighted by Crippen LogP contribution is -2.59. The van der Waals surface area contributed by atoms with Crippen molar-refractivity contribution in [1.29, 1.82) is 0 Å². The maximum atomic E-state index is 13.7. The number of aromatic hydroxyl groups is 2. The molecule has 0 bridgehead atoms. The number of para-hydroxylation sites is 1. The molecular weight excluding hydrogens is 602 g/mol. The quantitative estimate of drug-likeness (QED) is 0.0963. The molecule has 0 radical (unpaired) electrons. The lowest BCUT2D eigenvalue weighted by molar-refractivity contribution is -0.142. The summed E-state index contributed by atoms with van der Waals surface area (Å²) < 4.78 is 0. The van der Waals surface area contributed by atoms with Crippen molar-refractivity contribution in [2.24, 2.45) is 11.7 Å². The van der Waals surface area contributed by atoms with Gasteiger partial charge in [-0.25, -0.2) is 4.79 Å². The highest BCUT2D eigenvalue weighted by Gasteiger charge is 2.33. The molecule has 0 saturated carbocycles.